The number of aromatic nitrogens is 1. The number of hydrogen-bond donors (Lipinski definition) is 1. The van der Waals surface area contributed by atoms with Gasteiger partial charge in [0.15, 0.2) is 0 Å². The minimum Gasteiger partial charge on any atom is -0.314 e. The van der Waals surface area contributed by atoms with Crippen molar-refractivity contribution >= 4 is 0 Å². The number of fused-ring (bicyclic) bond motifs is 3. The van der Waals surface area contributed by atoms with Crippen molar-refractivity contribution in [1.82, 2.24) is 25.0 Å². The molecule has 5 fully saturated rings. The van der Waals surface area contributed by atoms with Crippen LogP contribution in [0.5, 0.6) is 0 Å². The Labute approximate surface area is 157 Å². The van der Waals surface area contributed by atoms with Crippen molar-refractivity contribution in [3.05, 3.63) is 30.1 Å². The Morgan fingerprint density at radius 2 is 1.62 bits per heavy atom. The predicted octanol–water partition coefficient (Wildman–Crippen LogP) is 1.94. The first-order valence-corrected chi connectivity index (χ1v) is 10.8. The summed E-state index contributed by atoms with van der Waals surface area (Å²) in [6, 6.07) is 6.96. The molecule has 26 heavy (non-hydrogen) atoms. The fraction of sp³-hybridized carbons (Fsp3) is 0.762. The summed E-state index contributed by atoms with van der Waals surface area (Å²) in [7, 11) is 0. The van der Waals surface area contributed by atoms with Gasteiger partial charge in [0.2, 0.25) is 0 Å². The number of nitrogens with zero attached hydrogens (tertiary/aromatic N) is 4. The van der Waals surface area contributed by atoms with Crippen LogP contribution < -0.4 is 5.32 Å². The Bertz CT molecular complexity index is 568. The zero-order valence-corrected chi connectivity index (χ0v) is 15.9. The molecule has 2 bridgehead atoms. The van der Waals surface area contributed by atoms with E-state index in [1.54, 1.807) is 0 Å². The number of hydrogen-bond acceptors (Lipinski definition) is 5. The van der Waals surface area contributed by atoms with E-state index in [4.69, 9.17) is 4.98 Å². The van der Waals surface area contributed by atoms with Crippen molar-refractivity contribution in [2.75, 3.05) is 52.4 Å². The summed E-state index contributed by atoms with van der Waals surface area (Å²) in [6.45, 7) is 9.60. The van der Waals surface area contributed by atoms with Crippen LogP contribution in [0.1, 0.15) is 43.8 Å². The molecular weight excluding hydrogens is 322 g/mol. The van der Waals surface area contributed by atoms with Gasteiger partial charge in [-0.25, -0.2) is 0 Å². The standard InChI is InChI=1S/C21H33N5/c1-4-12-25(13-5-1)21(26-16-10-22-11-17-26)18-7-14-24(15-8-18)20(21)19-6-2-3-9-23-19/h2-3,6,9,18,20,22H,1,4-5,7-8,10-17H2. The average molecular weight is 356 g/mol. The SMILES string of the molecule is c1ccc(C2N3CCC(CC3)C2(N2CCCCC2)N2CCNCC2)nc1. The first kappa shape index (κ1) is 17.1. The molecule has 1 aromatic rings. The third-order valence-corrected chi connectivity index (χ3v) is 7.35. The van der Waals surface area contributed by atoms with E-state index in [2.05, 4.69) is 38.2 Å². The van der Waals surface area contributed by atoms with Crippen molar-refractivity contribution < 1.29 is 0 Å². The maximum Gasteiger partial charge on any atom is 0.0986 e. The molecule has 2 unspecified atom stereocenters. The molecule has 5 saturated heterocycles. The van der Waals surface area contributed by atoms with Crippen LogP contribution >= 0.6 is 0 Å². The normalized spacial score (nSPS) is 39.2. The highest BCUT2D eigenvalue weighted by atomic mass is 15.5. The van der Waals surface area contributed by atoms with Crippen molar-refractivity contribution in [3.63, 3.8) is 0 Å². The van der Waals surface area contributed by atoms with E-state index in [-0.39, 0.29) is 5.66 Å². The van der Waals surface area contributed by atoms with E-state index >= 15 is 0 Å². The summed E-state index contributed by atoms with van der Waals surface area (Å²) in [5, 5.41) is 3.58. The van der Waals surface area contributed by atoms with Gasteiger partial charge in [-0.3, -0.25) is 19.7 Å². The summed E-state index contributed by atoms with van der Waals surface area (Å²) in [4.78, 5) is 13.4. The van der Waals surface area contributed by atoms with E-state index in [1.165, 1.54) is 77.1 Å². The maximum atomic E-state index is 4.90. The second-order valence-corrected chi connectivity index (χ2v) is 8.54. The molecule has 5 heteroatoms. The van der Waals surface area contributed by atoms with Gasteiger partial charge in [-0.1, -0.05) is 12.5 Å². The number of likely N-dealkylation sites (tertiary alicyclic amines) is 1. The first-order chi connectivity index (χ1) is 12.9. The smallest absolute Gasteiger partial charge is 0.0986 e. The van der Waals surface area contributed by atoms with Crippen LogP contribution in [0.15, 0.2) is 24.4 Å². The molecule has 0 aromatic carbocycles. The minimum absolute atomic E-state index is 0.146. The van der Waals surface area contributed by atoms with E-state index in [9.17, 15) is 0 Å². The monoisotopic (exact) mass is 355 g/mol. The molecule has 5 aliphatic heterocycles. The van der Waals surface area contributed by atoms with Crippen LogP contribution in [0.25, 0.3) is 0 Å². The average Bonchev–Trinajstić information content (AvgIpc) is 2.75. The zero-order valence-electron chi connectivity index (χ0n) is 15.9. The van der Waals surface area contributed by atoms with E-state index in [0.29, 0.717) is 6.04 Å². The molecule has 1 N–H and O–H groups in total. The fourth-order valence-electron chi connectivity index (χ4n) is 6.35. The minimum atomic E-state index is 0.146. The van der Waals surface area contributed by atoms with Gasteiger partial charge in [-0.05, 0) is 69.9 Å². The van der Waals surface area contributed by atoms with Crippen molar-refractivity contribution in [2.24, 2.45) is 5.92 Å². The van der Waals surface area contributed by atoms with Crippen LogP contribution in [0.2, 0.25) is 0 Å². The van der Waals surface area contributed by atoms with Crippen LogP contribution in [0, 0.1) is 5.92 Å². The largest absolute Gasteiger partial charge is 0.314 e. The van der Waals surface area contributed by atoms with Gasteiger partial charge in [-0.15, -0.1) is 0 Å². The number of piperazine rings is 1. The van der Waals surface area contributed by atoms with Gasteiger partial charge in [0.1, 0.15) is 0 Å². The van der Waals surface area contributed by atoms with E-state index in [1.807, 2.05) is 6.20 Å². The highest BCUT2D eigenvalue weighted by Gasteiger charge is 2.60. The quantitative estimate of drug-likeness (QED) is 0.896. The van der Waals surface area contributed by atoms with Gasteiger partial charge < -0.3 is 5.32 Å². The second-order valence-electron chi connectivity index (χ2n) is 8.54. The molecule has 0 spiro atoms. The molecule has 142 valence electrons. The lowest BCUT2D eigenvalue weighted by atomic mass is 9.69. The Kier molecular flexibility index (Phi) is 4.73. The Hall–Kier alpha value is -1.01. The van der Waals surface area contributed by atoms with Crippen LogP contribution in [0.4, 0.5) is 0 Å². The molecule has 0 saturated carbocycles. The molecular formula is C21H33N5. The van der Waals surface area contributed by atoms with Crippen LogP contribution in [-0.2, 0) is 0 Å². The van der Waals surface area contributed by atoms with Crippen molar-refractivity contribution in [3.8, 4) is 0 Å². The lowest BCUT2D eigenvalue weighted by Crippen LogP contribution is -2.77. The van der Waals surface area contributed by atoms with Gasteiger partial charge in [0.25, 0.3) is 0 Å². The third-order valence-electron chi connectivity index (χ3n) is 7.35. The fourth-order valence-corrected chi connectivity index (χ4v) is 6.35. The topological polar surface area (TPSA) is 34.6 Å². The van der Waals surface area contributed by atoms with Crippen LogP contribution in [-0.4, -0.2) is 77.7 Å². The number of piperidine rings is 4. The number of pyridine rings is 1. The Morgan fingerprint density at radius 3 is 2.31 bits per heavy atom. The van der Waals surface area contributed by atoms with Crippen molar-refractivity contribution in [2.45, 2.75) is 43.8 Å². The predicted molar refractivity (Wildman–Crippen MR) is 104 cm³/mol. The van der Waals surface area contributed by atoms with Gasteiger partial charge in [0, 0.05) is 32.4 Å². The Morgan fingerprint density at radius 1 is 0.885 bits per heavy atom. The highest BCUT2D eigenvalue weighted by Crippen LogP contribution is 2.53. The first-order valence-electron chi connectivity index (χ1n) is 10.8. The molecule has 5 aliphatic rings. The lowest BCUT2D eigenvalue weighted by molar-refractivity contribution is -0.210. The van der Waals surface area contributed by atoms with Crippen LogP contribution in [0.3, 0.4) is 0 Å². The molecule has 0 aliphatic carbocycles. The highest BCUT2D eigenvalue weighted by molar-refractivity contribution is 5.22. The number of rotatable bonds is 3. The van der Waals surface area contributed by atoms with Crippen molar-refractivity contribution in [1.29, 1.82) is 0 Å². The third kappa shape index (κ3) is 2.63. The summed E-state index contributed by atoms with van der Waals surface area (Å²) in [5.74, 6) is 0.774. The maximum absolute atomic E-state index is 4.90. The van der Waals surface area contributed by atoms with Gasteiger partial charge in [-0.2, -0.15) is 0 Å². The zero-order chi connectivity index (χ0) is 17.4. The summed E-state index contributed by atoms with van der Waals surface area (Å²) >= 11 is 0. The van der Waals surface area contributed by atoms with Gasteiger partial charge >= 0.3 is 0 Å². The molecule has 6 heterocycles. The second kappa shape index (κ2) is 7.19. The summed E-state index contributed by atoms with van der Waals surface area (Å²) in [6.07, 6.45) is 8.81. The van der Waals surface area contributed by atoms with E-state index < -0.39 is 0 Å². The van der Waals surface area contributed by atoms with Gasteiger partial charge in [0.05, 0.1) is 17.4 Å². The van der Waals surface area contributed by atoms with E-state index in [0.717, 1.165) is 19.0 Å². The summed E-state index contributed by atoms with van der Waals surface area (Å²) < 4.78 is 0. The summed E-state index contributed by atoms with van der Waals surface area (Å²) in [5.41, 5.74) is 1.44. The molecule has 1 aromatic heterocycles. The Balaban J connectivity index is 1.63. The molecule has 0 amide bonds. The molecule has 5 nitrogen and oxygen atoms in total. The lowest BCUT2D eigenvalue weighted by Gasteiger charge is -2.67. The molecule has 2 atom stereocenters. The molecule has 0 radical (unpaired) electrons. The molecule has 6 rings (SSSR count). The number of nitrogens with one attached hydrogen (secondary N) is 1.